The fourth-order valence-corrected chi connectivity index (χ4v) is 3.42. The lowest BCUT2D eigenvalue weighted by atomic mass is 9.78. The summed E-state index contributed by atoms with van der Waals surface area (Å²) in [5.41, 5.74) is 6.60. The van der Waals surface area contributed by atoms with Crippen molar-refractivity contribution in [3.63, 3.8) is 0 Å². The van der Waals surface area contributed by atoms with E-state index >= 15 is 0 Å². The third kappa shape index (κ3) is 2.86. The largest absolute Gasteiger partial charge is 0.322 e. The topological polar surface area (TPSA) is 29.3 Å². The Morgan fingerprint density at radius 2 is 1.70 bits per heavy atom. The van der Waals surface area contributed by atoms with Crippen LogP contribution in [0, 0.1) is 11.6 Å². The SMILES string of the molecule is CN(C)C1(C(N)c2ccc(F)cc2F)CCCCCC1. The average molecular weight is 282 g/mol. The maximum atomic E-state index is 14.1. The molecule has 4 heteroatoms. The maximum absolute atomic E-state index is 14.1. The Bertz CT molecular complexity index is 452. The molecular formula is C16H24F2N2. The van der Waals surface area contributed by atoms with E-state index in [1.807, 2.05) is 14.1 Å². The Morgan fingerprint density at radius 1 is 1.10 bits per heavy atom. The van der Waals surface area contributed by atoms with Crippen LogP contribution in [0.25, 0.3) is 0 Å². The minimum Gasteiger partial charge on any atom is -0.322 e. The molecule has 1 aliphatic carbocycles. The summed E-state index contributed by atoms with van der Waals surface area (Å²) in [7, 11) is 4.01. The van der Waals surface area contributed by atoms with Crippen LogP contribution in [0.4, 0.5) is 8.78 Å². The molecule has 1 saturated carbocycles. The second-order valence-corrected chi connectivity index (χ2v) is 6.06. The predicted molar refractivity (Wildman–Crippen MR) is 77.4 cm³/mol. The summed E-state index contributed by atoms with van der Waals surface area (Å²) in [6.07, 6.45) is 6.53. The van der Waals surface area contributed by atoms with Gasteiger partial charge in [-0.25, -0.2) is 8.78 Å². The zero-order chi connectivity index (χ0) is 14.8. The van der Waals surface area contributed by atoms with E-state index in [9.17, 15) is 8.78 Å². The lowest BCUT2D eigenvalue weighted by Crippen LogP contribution is -2.52. The monoisotopic (exact) mass is 282 g/mol. The number of nitrogens with two attached hydrogens (primary N) is 1. The highest BCUT2D eigenvalue weighted by atomic mass is 19.1. The van der Waals surface area contributed by atoms with Gasteiger partial charge in [0.05, 0.1) is 6.04 Å². The molecule has 0 heterocycles. The highest BCUT2D eigenvalue weighted by Crippen LogP contribution is 2.40. The van der Waals surface area contributed by atoms with Crippen molar-refractivity contribution in [2.75, 3.05) is 14.1 Å². The summed E-state index contributed by atoms with van der Waals surface area (Å²) in [5.74, 6) is -1.10. The van der Waals surface area contributed by atoms with Gasteiger partial charge in [-0.3, -0.25) is 0 Å². The zero-order valence-corrected chi connectivity index (χ0v) is 12.3. The number of hydrogen-bond acceptors (Lipinski definition) is 2. The van der Waals surface area contributed by atoms with Gasteiger partial charge in [0.1, 0.15) is 11.6 Å². The van der Waals surface area contributed by atoms with Gasteiger partial charge in [-0.05, 0) is 33.0 Å². The van der Waals surface area contributed by atoms with Crippen molar-refractivity contribution < 1.29 is 8.78 Å². The molecule has 0 aliphatic heterocycles. The second-order valence-electron chi connectivity index (χ2n) is 6.06. The highest BCUT2D eigenvalue weighted by molar-refractivity contribution is 5.26. The number of halogens is 2. The second kappa shape index (κ2) is 6.19. The minimum atomic E-state index is -0.557. The van der Waals surface area contributed by atoms with Gasteiger partial charge >= 0.3 is 0 Å². The van der Waals surface area contributed by atoms with Crippen LogP contribution >= 0.6 is 0 Å². The van der Waals surface area contributed by atoms with Gasteiger partial charge in [-0.15, -0.1) is 0 Å². The minimum absolute atomic E-state index is 0.241. The van der Waals surface area contributed by atoms with Crippen LogP contribution in [-0.4, -0.2) is 24.5 Å². The first-order chi connectivity index (χ1) is 9.47. The molecule has 2 nitrogen and oxygen atoms in total. The molecule has 1 aromatic rings. The molecule has 0 amide bonds. The molecular weight excluding hydrogens is 258 g/mol. The van der Waals surface area contributed by atoms with Crippen LogP contribution in [0.3, 0.4) is 0 Å². The van der Waals surface area contributed by atoms with E-state index in [1.54, 1.807) is 0 Å². The fourth-order valence-electron chi connectivity index (χ4n) is 3.42. The summed E-state index contributed by atoms with van der Waals surface area (Å²) < 4.78 is 27.1. The quantitative estimate of drug-likeness (QED) is 0.858. The molecule has 112 valence electrons. The van der Waals surface area contributed by atoms with E-state index in [0.29, 0.717) is 5.56 Å². The van der Waals surface area contributed by atoms with Crippen molar-refractivity contribution in [2.24, 2.45) is 5.73 Å². The first-order valence-corrected chi connectivity index (χ1v) is 7.35. The molecule has 0 radical (unpaired) electrons. The third-order valence-electron chi connectivity index (χ3n) is 4.74. The Kier molecular flexibility index (Phi) is 4.76. The Labute approximate surface area is 120 Å². The third-order valence-corrected chi connectivity index (χ3v) is 4.74. The normalized spacial score (nSPS) is 20.7. The van der Waals surface area contributed by atoms with E-state index in [2.05, 4.69) is 4.90 Å². The molecule has 1 aromatic carbocycles. The number of benzene rings is 1. The van der Waals surface area contributed by atoms with E-state index in [-0.39, 0.29) is 5.54 Å². The van der Waals surface area contributed by atoms with E-state index in [4.69, 9.17) is 5.73 Å². The number of nitrogens with zero attached hydrogens (tertiary/aromatic N) is 1. The maximum Gasteiger partial charge on any atom is 0.130 e. The van der Waals surface area contributed by atoms with Gasteiger partial charge in [0, 0.05) is 17.2 Å². The Morgan fingerprint density at radius 3 is 2.20 bits per heavy atom. The lowest BCUT2D eigenvalue weighted by molar-refractivity contribution is 0.0953. The zero-order valence-electron chi connectivity index (χ0n) is 12.3. The molecule has 2 N–H and O–H groups in total. The van der Waals surface area contributed by atoms with E-state index in [1.165, 1.54) is 25.0 Å². The fraction of sp³-hybridized carbons (Fsp3) is 0.625. The summed E-state index contributed by atoms with van der Waals surface area (Å²) in [6.45, 7) is 0. The smallest absolute Gasteiger partial charge is 0.130 e. The molecule has 1 aliphatic rings. The first kappa shape index (κ1) is 15.4. The van der Waals surface area contributed by atoms with E-state index < -0.39 is 17.7 Å². The Hall–Kier alpha value is -1.00. The van der Waals surface area contributed by atoms with Crippen molar-refractivity contribution in [1.29, 1.82) is 0 Å². The van der Waals surface area contributed by atoms with Crippen molar-refractivity contribution in [1.82, 2.24) is 4.90 Å². The van der Waals surface area contributed by atoms with Crippen LogP contribution in [0.5, 0.6) is 0 Å². The molecule has 0 aromatic heterocycles. The van der Waals surface area contributed by atoms with Gasteiger partial charge in [-0.1, -0.05) is 31.7 Å². The molecule has 1 unspecified atom stereocenters. The van der Waals surface area contributed by atoms with Crippen molar-refractivity contribution in [2.45, 2.75) is 50.1 Å². The molecule has 1 atom stereocenters. The number of rotatable bonds is 3. The molecule has 20 heavy (non-hydrogen) atoms. The molecule has 0 saturated heterocycles. The van der Waals surface area contributed by atoms with Crippen LogP contribution in [0.1, 0.15) is 50.1 Å². The van der Waals surface area contributed by atoms with Crippen LogP contribution in [-0.2, 0) is 0 Å². The van der Waals surface area contributed by atoms with Crippen molar-refractivity contribution in [3.05, 3.63) is 35.4 Å². The first-order valence-electron chi connectivity index (χ1n) is 7.35. The summed E-state index contributed by atoms with van der Waals surface area (Å²) >= 11 is 0. The van der Waals surface area contributed by atoms with Gasteiger partial charge < -0.3 is 10.6 Å². The molecule has 0 bridgehead atoms. The lowest BCUT2D eigenvalue weighted by Gasteiger charge is -2.44. The number of likely N-dealkylation sites (N-methyl/N-ethyl adjacent to an activating group) is 1. The van der Waals surface area contributed by atoms with Gasteiger partial charge in [-0.2, -0.15) is 0 Å². The van der Waals surface area contributed by atoms with Gasteiger partial charge in [0.15, 0.2) is 0 Å². The molecule has 1 fully saturated rings. The van der Waals surface area contributed by atoms with Crippen molar-refractivity contribution >= 4 is 0 Å². The summed E-state index contributed by atoms with van der Waals surface area (Å²) in [4.78, 5) is 2.13. The Balaban J connectivity index is 2.37. The van der Waals surface area contributed by atoms with Gasteiger partial charge in [0.25, 0.3) is 0 Å². The number of hydrogen-bond donors (Lipinski definition) is 1. The summed E-state index contributed by atoms with van der Waals surface area (Å²) in [6, 6.07) is 3.27. The molecule has 0 spiro atoms. The van der Waals surface area contributed by atoms with Crippen LogP contribution < -0.4 is 5.73 Å². The van der Waals surface area contributed by atoms with Crippen LogP contribution in [0.15, 0.2) is 18.2 Å². The predicted octanol–water partition coefficient (Wildman–Crippen LogP) is 3.62. The van der Waals surface area contributed by atoms with Crippen LogP contribution in [0.2, 0.25) is 0 Å². The van der Waals surface area contributed by atoms with E-state index in [0.717, 1.165) is 31.7 Å². The van der Waals surface area contributed by atoms with Gasteiger partial charge in [0.2, 0.25) is 0 Å². The highest BCUT2D eigenvalue weighted by Gasteiger charge is 2.40. The average Bonchev–Trinajstić information content (AvgIpc) is 2.64. The summed E-state index contributed by atoms with van der Waals surface area (Å²) in [5, 5.41) is 0. The van der Waals surface area contributed by atoms with Crippen molar-refractivity contribution in [3.8, 4) is 0 Å². The molecule has 2 rings (SSSR count). The standard InChI is InChI=1S/C16H24F2N2/c1-20(2)16(9-5-3-4-6-10-16)15(19)13-8-7-12(17)11-14(13)18/h7-8,11,15H,3-6,9-10,19H2,1-2H3.